The first-order valence-corrected chi connectivity index (χ1v) is 5.65. The number of nitrogens with zero attached hydrogens (tertiary/aromatic N) is 1. The summed E-state index contributed by atoms with van der Waals surface area (Å²) < 4.78 is 14.8. The van der Waals surface area contributed by atoms with Crippen LogP contribution in [0.15, 0.2) is 29.1 Å². The molecule has 0 amide bonds. The van der Waals surface area contributed by atoms with E-state index in [0.29, 0.717) is 0 Å². The number of aromatic nitrogens is 2. The topological polar surface area (TPSA) is 37.8 Å². The van der Waals surface area contributed by atoms with E-state index in [1.165, 1.54) is 18.2 Å². The summed E-state index contributed by atoms with van der Waals surface area (Å²) in [6, 6.07) is 5.76. The number of rotatable bonds is 2. The van der Waals surface area contributed by atoms with Crippen molar-refractivity contribution in [2.75, 3.05) is 0 Å². The molecule has 0 saturated carbocycles. The first-order valence-electron chi connectivity index (χ1n) is 5.27. The van der Waals surface area contributed by atoms with Crippen LogP contribution in [0.25, 0.3) is 5.69 Å². The number of benzene rings is 1. The first-order chi connectivity index (χ1) is 8.00. The molecule has 1 aromatic heterocycles. The van der Waals surface area contributed by atoms with Gasteiger partial charge in [-0.25, -0.2) is 9.07 Å². The Kier molecular flexibility index (Phi) is 3.07. The van der Waals surface area contributed by atoms with Gasteiger partial charge in [0.2, 0.25) is 0 Å². The van der Waals surface area contributed by atoms with Gasteiger partial charge >= 0.3 is 0 Å². The molecule has 17 heavy (non-hydrogen) atoms. The Labute approximate surface area is 103 Å². The van der Waals surface area contributed by atoms with Gasteiger partial charge in [-0.3, -0.25) is 9.89 Å². The number of nitrogens with one attached hydrogen (secondary N) is 1. The molecule has 2 rings (SSSR count). The van der Waals surface area contributed by atoms with Crippen molar-refractivity contribution in [3.8, 4) is 5.69 Å². The summed E-state index contributed by atoms with van der Waals surface area (Å²) in [6.07, 6.45) is 0. The molecule has 3 nitrogen and oxygen atoms in total. The van der Waals surface area contributed by atoms with Crippen LogP contribution in [0.1, 0.15) is 25.5 Å². The van der Waals surface area contributed by atoms with Crippen molar-refractivity contribution in [2.24, 2.45) is 0 Å². The van der Waals surface area contributed by atoms with E-state index in [1.54, 1.807) is 6.07 Å². The molecule has 1 heterocycles. The second-order valence-corrected chi connectivity index (χ2v) is 4.52. The molecule has 0 radical (unpaired) electrons. The van der Waals surface area contributed by atoms with E-state index in [-0.39, 0.29) is 22.2 Å². The Bertz CT molecular complexity index is 581. The van der Waals surface area contributed by atoms with Crippen molar-refractivity contribution < 1.29 is 4.39 Å². The summed E-state index contributed by atoms with van der Waals surface area (Å²) in [5.41, 5.74) is 0.487. The van der Waals surface area contributed by atoms with Gasteiger partial charge in [-0.2, -0.15) is 0 Å². The Balaban J connectivity index is 2.65. The van der Waals surface area contributed by atoms with Crippen LogP contribution < -0.4 is 5.56 Å². The molecule has 0 aliphatic rings. The zero-order valence-electron chi connectivity index (χ0n) is 9.50. The fourth-order valence-electron chi connectivity index (χ4n) is 1.58. The molecule has 2 aromatic rings. The minimum atomic E-state index is -0.531. The van der Waals surface area contributed by atoms with Crippen molar-refractivity contribution in [3.05, 3.63) is 51.2 Å². The molecule has 1 aromatic carbocycles. The molecule has 0 atom stereocenters. The summed E-state index contributed by atoms with van der Waals surface area (Å²) in [4.78, 5) is 11.8. The van der Waals surface area contributed by atoms with E-state index in [2.05, 4.69) is 5.10 Å². The van der Waals surface area contributed by atoms with Crippen LogP contribution in [0.3, 0.4) is 0 Å². The summed E-state index contributed by atoms with van der Waals surface area (Å²) >= 11 is 5.91. The van der Waals surface area contributed by atoms with Gasteiger partial charge in [0.05, 0.1) is 5.02 Å². The van der Waals surface area contributed by atoms with E-state index >= 15 is 0 Å². The zero-order chi connectivity index (χ0) is 12.6. The third kappa shape index (κ3) is 2.13. The quantitative estimate of drug-likeness (QED) is 0.879. The largest absolute Gasteiger partial charge is 0.295 e. The molecule has 0 saturated heterocycles. The average Bonchev–Trinajstić information content (AvgIpc) is 2.61. The van der Waals surface area contributed by atoms with Crippen molar-refractivity contribution >= 4 is 11.6 Å². The predicted molar refractivity (Wildman–Crippen MR) is 65.4 cm³/mol. The van der Waals surface area contributed by atoms with Crippen LogP contribution in [-0.4, -0.2) is 9.78 Å². The van der Waals surface area contributed by atoms with Crippen molar-refractivity contribution in [1.29, 1.82) is 0 Å². The van der Waals surface area contributed by atoms with Gasteiger partial charge < -0.3 is 0 Å². The monoisotopic (exact) mass is 254 g/mol. The number of H-pyrrole nitrogens is 1. The minimum absolute atomic E-state index is 0.0612. The molecular weight excluding hydrogens is 243 g/mol. The summed E-state index contributed by atoms with van der Waals surface area (Å²) in [7, 11) is 0. The summed E-state index contributed by atoms with van der Waals surface area (Å²) in [5.74, 6) is -0.369. The van der Waals surface area contributed by atoms with Gasteiger partial charge in [0, 0.05) is 11.8 Å². The summed E-state index contributed by atoms with van der Waals surface area (Å²) in [5, 5.41) is 3.06. The van der Waals surface area contributed by atoms with Crippen molar-refractivity contribution in [2.45, 2.75) is 19.8 Å². The molecular formula is C12H12ClFN2O. The summed E-state index contributed by atoms with van der Waals surface area (Å²) in [6.45, 7) is 3.89. The van der Waals surface area contributed by atoms with E-state index in [1.807, 2.05) is 13.8 Å². The Morgan fingerprint density at radius 3 is 2.65 bits per heavy atom. The fraction of sp³-hybridized carbons (Fsp3) is 0.250. The highest BCUT2D eigenvalue weighted by atomic mass is 35.5. The third-order valence-corrected chi connectivity index (χ3v) is 2.83. The Morgan fingerprint density at radius 2 is 2.12 bits per heavy atom. The maximum absolute atomic E-state index is 13.7. The van der Waals surface area contributed by atoms with Crippen molar-refractivity contribution in [3.63, 3.8) is 0 Å². The highest BCUT2D eigenvalue weighted by Gasteiger charge is 2.14. The van der Waals surface area contributed by atoms with Gasteiger partial charge in [0.25, 0.3) is 5.56 Å². The Morgan fingerprint density at radius 1 is 1.41 bits per heavy atom. The number of hydrogen-bond donors (Lipinski definition) is 1. The van der Waals surface area contributed by atoms with Crippen molar-refractivity contribution in [1.82, 2.24) is 9.78 Å². The van der Waals surface area contributed by atoms with E-state index < -0.39 is 5.82 Å². The molecule has 90 valence electrons. The number of hydrogen-bond acceptors (Lipinski definition) is 1. The van der Waals surface area contributed by atoms with Gasteiger partial charge in [0.15, 0.2) is 0 Å². The number of aromatic amines is 1. The van der Waals surface area contributed by atoms with Crippen LogP contribution in [0.5, 0.6) is 0 Å². The molecule has 5 heteroatoms. The number of para-hydroxylation sites is 1. The van der Waals surface area contributed by atoms with Crippen LogP contribution in [0.2, 0.25) is 5.02 Å². The van der Waals surface area contributed by atoms with E-state index in [9.17, 15) is 9.18 Å². The minimum Gasteiger partial charge on any atom is -0.295 e. The van der Waals surface area contributed by atoms with Gasteiger partial charge in [-0.15, -0.1) is 0 Å². The molecule has 0 bridgehead atoms. The molecule has 0 fully saturated rings. The molecule has 0 spiro atoms. The third-order valence-electron chi connectivity index (χ3n) is 2.52. The standard InChI is InChI=1S/C12H12ClFN2O/c1-7(2)10-6-11(17)16(15-10)12-8(13)4-3-5-9(12)14/h3-7,15H,1-2H3. The normalized spacial score (nSPS) is 11.1. The second-order valence-electron chi connectivity index (χ2n) is 4.11. The predicted octanol–water partition coefficient (Wildman–Crippen LogP) is 3.08. The van der Waals surface area contributed by atoms with Gasteiger partial charge in [-0.05, 0) is 18.1 Å². The van der Waals surface area contributed by atoms with Crippen LogP contribution >= 0.6 is 11.6 Å². The molecule has 0 unspecified atom stereocenters. The lowest BCUT2D eigenvalue weighted by molar-refractivity contribution is 0.606. The lowest BCUT2D eigenvalue weighted by Crippen LogP contribution is -2.15. The molecule has 0 aliphatic heterocycles. The zero-order valence-corrected chi connectivity index (χ0v) is 10.3. The maximum atomic E-state index is 13.7. The first kappa shape index (κ1) is 11.9. The van der Waals surface area contributed by atoms with E-state index in [4.69, 9.17) is 11.6 Å². The van der Waals surface area contributed by atoms with Crippen LogP contribution in [0.4, 0.5) is 4.39 Å². The van der Waals surface area contributed by atoms with Crippen LogP contribution in [-0.2, 0) is 0 Å². The maximum Gasteiger partial charge on any atom is 0.271 e. The molecule has 1 N–H and O–H groups in total. The lowest BCUT2D eigenvalue weighted by Gasteiger charge is -2.06. The van der Waals surface area contributed by atoms with E-state index in [0.717, 1.165) is 10.4 Å². The number of halogens is 2. The fourth-order valence-corrected chi connectivity index (χ4v) is 1.83. The average molecular weight is 255 g/mol. The van der Waals surface area contributed by atoms with Crippen LogP contribution in [0, 0.1) is 5.82 Å². The van der Waals surface area contributed by atoms with Gasteiger partial charge in [0.1, 0.15) is 11.5 Å². The second kappa shape index (κ2) is 4.37. The lowest BCUT2D eigenvalue weighted by atomic mass is 10.1. The molecule has 0 aliphatic carbocycles. The highest BCUT2D eigenvalue weighted by molar-refractivity contribution is 6.32. The smallest absolute Gasteiger partial charge is 0.271 e. The Hall–Kier alpha value is -1.55. The van der Waals surface area contributed by atoms with Gasteiger partial charge in [-0.1, -0.05) is 31.5 Å². The highest BCUT2D eigenvalue weighted by Crippen LogP contribution is 2.22. The SMILES string of the molecule is CC(C)c1cc(=O)n(-c2c(F)cccc2Cl)[nH]1.